The Bertz CT molecular complexity index is 599. The quantitative estimate of drug-likeness (QED) is 0.821. The lowest BCUT2D eigenvalue weighted by Gasteiger charge is -2.23. The van der Waals surface area contributed by atoms with E-state index < -0.39 is 11.6 Å². The van der Waals surface area contributed by atoms with E-state index in [0.717, 1.165) is 33.0 Å². The summed E-state index contributed by atoms with van der Waals surface area (Å²) in [5.41, 5.74) is -1.83. The van der Waals surface area contributed by atoms with Gasteiger partial charge in [0.15, 0.2) is 0 Å². The molecule has 0 aromatic carbocycles. The van der Waals surface area contributed by atoms with Gasteiger partial charge in [0.05, 0.1) is 19.7 Å². The van der Waals surface area contributed by atoms with Crippen LogP contribution in [0.3, 0.4) is 0 Å². The molecule has 126 valence electrons. The van der Waals surface area contributed by atoms with E-state index in [2.05, 4.69) is 15.2 Å². The van der Waals surface area contributed by atoms with Crippen molar-refractivity contribution in [3.63, 3.8) is 0 Å². The predicted octanol–water partition coefficient (Wildman–Crippen LogP) is 0.535. The lowest BCUT2D eigenvalue weighted by atomic mass is 10.1. The maximum atomic E-state index is 14.4. The number of hydrogen-bond donors (Lipinski definition) is 1. The Morgan fingerprint density at radius 1 is 1.52 bits per heavy atom. The molecule has 0 bridgehead atoms. The molecule has 2 aliphatic heterocycles. The van der Waals surface area contributed by atoms with E-state index in [4.69, 9.17) is 0 Å². The number of hydrogen-bond acceptors (Lipinski definition) is 5. The molecule has 7 nitrogen and oxygen atoms in total. The summed E-state index contributed by atoms with van der Waals surface area (Å²) >= 11 is 0. The summed E-state index contributed by atoms with van der Waals surface area (Å²) in [5, 5.41) is 7.64. The van der Waals surface area contributed by atoms with Crippen molar-refractivity contribution in [3.8, 4) is 0 Å². The van der Waals surface area contributed by atoms with Crippen LogP contribution in [-0.4, -0.2) is 65.5 Å². The smallest absolute Gasteiger partial charge is 0.345 e. The highest BCUT2D eigenvalue weighted by molar-refractivity contribution is 5.93. The molecular formula is C15H21FN4O3. The van der Waals surface area contributed by atoms with Crippen molar-refractivity contribution in [1.29, 1.82) is 0 Å². The molecule has 1 aromatic rings. The highest BCUT2D eigenvalue weighted by atomic mass is 19.1. The molecule has 3 heterocycles. The summed E-state index contributed by atoms with van der Waals surface area (Å²) in [4.78, 5) is 25.3. The summed E-state index contributed by atoms with van der Waals surface area (Å²) in [6.07, 6.45) is 3.83. The number of likely N-dealkylation sites (tertiary alicyclic amines) is 1. The highest BCUT2D eigenvalue weighted by Crippen LogP contribution is 2.28. The summed E-state index contributed by atoms with van der Waals surface area (Å²) < 4.78 is 20.7. The molecule has 1 N–H and O–H groups in total. The molecule has 1 amide bonds. The van der Waals surface area contributed by atoms with Gasteiger partial charge in [0.25, 0.3) is 5.91 Å². The molecule has 2 aliphatic rings. The molecule has 2 atom stereocenters. The SMILES string of the molecule is COC(=O)C1(F)CCN(C(=O)c2ccn(C3CCCNC3)n2)C1. The maximum Gasteiger partial charge on any atom is 0.345 e. The van der Waals surface area contributed by atoms with Gasteiger partial charge in [-0.05, 0) is 25.5 Å². The Balaban J connectivity index is 1.67. The van der Waals surface area contributed by atoms with Gasteiger partial charge < -0.3 is 15.0 Å². The van der Waals surface area contributed by atoms with Crippen LogP contribution in [0.25, 0.3) is 0 Å². The molecule has 2 unspecified atom stereocenters. The van der Waals surface area contributed by atoms with E-state index in [1.54, 1.807) is 16.9 Å². The molecule has 0 saturated carbocycles. The minimum Gasteiger partial charge on any atom is -0.467 e. The van der Waals surface area contributed by atoms with Crippen LogP contribution < -0.4 is 5.32 Å². The van der Waals surface area contributed by atoms with Crippen LogP contribution in [0.2, 0.25) is 0 Å². The van der Waals surface area contributed by atoms with Gasteiger partial charge in [-0.15, -0.1) is 0 Å². The number of carbonyl (C=O) groups excluding carboxylic acids is 2. The standard InChI is InChI=1S/C15H21FN4O3/c1-23-14(22)15(16)5-8-19(10-15)13(21)12-4-7-20(18-12)11-3-2-6-17-9-11/h4,7,11,17H,2-3,5-6,8-10H2,1H3. The second-order valence-corrected chi connectivity index (χ2v) is 6.11. The minimum atomic E-state index is -2.11. The summed E-state index contributed by atoms with van der Waals surface area (Å²) in [6.45, 7) is 1.73. The monoisotopic (exact) mass is 324 g/mol. The van der Waals surface area contributed by atoms with Crippen LogP contribution >= 0.6 is 0 Å². The van der Waals surface area contributed by atoms with Crippen molar-refractivity contribution < 1.29 is 18.7 Å². The number of rotatable bonds is 3. The number of piperidine rings is 1. The summed E-state index contributed by atoms with van der Waals surface area (Å²) in [6, 6.07) is 1.88. The number of nitrogens with zero attached hydrogens (tertiary/aromatic N) is 3. The van der Waals surface area contributed by atoms with Crippen LogP contribution in [0.1, 0.15) is 35.8 Å². The Morgan fingerprint density at radius 2 is 2.35 bits per heavy atom. The topological polar surface area (TPSA) is 76.5 Å². The third-order valence-electron chi connectivity index (χ3n) is 4.53. The van der Waals surface area contributed by atoms with Crippen LogP contribution in [0.5, 0.6) is 0 Å². The van der Waals surface area contributed by atoms with Gasteiger partial charge in [-0.3, -0.25) is 9.48 Å². The highest BCUT2D eigenvalue weighted by Gasteiger charge is 2.48. The third-order valence-corrected chi connectivity index (χ3v) is 4.53. The fourth-order valence-corrected chi connectivity index (χ4v) is 3.17. The van der Waals surface area contributed by atoms with E-state index in [1.807, 2.05) is 0 Å². The zero-order chi connectivity index (χ0) is 16.4. The Labute approximate surface area is 133 Å². The van der Waals surface area contributed by atoms with Gasteiger partial charge in [0, 0.05) is 25.7 Å². The van der Waals surface area contributed by atoms with Crippen LogP contribution in [0.4, 0.5) is 4.39 Å². The van der Waals surface area contributed by atoms with Gasteiger partial charge in [-0.1, -0.05) is 0 Å². The first-order chi connectivity index (χ1) is 11.0. The van der Waals surface area contributed by atoms with Crippen molar-refractivity contribution in [1.82, 2.24) is 20.0 Å². The molecule has 3 rings (SSSR count). The second-order valence-electron chi connectivity index (χ2n) is 6.11. The van der Waals surface area contributed by atoms with Crippen molar-refractivity contribution >= 4 is 11.9 Å². The molecule has 0 aliphatic carbocycles. The summed E-state index contributed by atoms with van der Waals surface area (Å²) in [5.74, 6) is -1.28. The van der Waals surface area contributed by atoms with Crippen molar-refractivity contribution in [2.45, 2.75) is 31.0 Å². The number of alkyl halides is 1. The average Bonchev–Trinajstić information content (AvgIpc) is 3.22. The largest absolute Gasteiger partial charge is 0.467 e. The molecule has 2 fully saturated rings. The molecule has 0 radical (unpaired) electrons. The zero-order valence-corrected chi connectivity index (χ0v) is 13.1. The van der Waals surface area contributed by atoms with E-state index in [-0.39, 0.29) is 37.2 Å². The van der Waals surface area contributed by atoms with E-state index in [1.165, 1.54) is 4.90 Å². The minimum absolute atomic E-state index is 0.0430. The lowest BCUT2D eigenvalue weighted by molar-refractivity contribution is -0.153. The van der Waals surface area contributed by atoms with Crippen molar-refractivity contribution in [3.05, 3.63) is 18.0 Å². The van der Waals surface area contributed by atoms with E-state index in [9.17, 15) is 14.0 Å². The van der Waals surface area contributed by atoms with Crippen molar-refractivity contribution in [2.24, 2.45) is 0 Å². The van der Waals surface area contributed by atoms with Gasteiger partial charge >= 0.3 is 5.97 Å². The van der Waals surface area contributed by atoms with Crippen LogP contribution in [0, 0.1) is 0 Å². The molecule has 2 saturated heterocycles. The first-order valence-corrected chi connectivity index (χ1v) is 7.86. The number of carbonyl (C=O) groups is 2. The predicted molar refractivity (Wildman–Crippen MR) is 79.7 cm³/mol. The molecule has 1 aromatic heterocycles. The molecular weight excluding hydrogens is 303 g/mol. The fourth-order valence-electron chi connectivity index (χ4n) is 3.17. The molecule has 23 heavy (non-hydrogen) atoms. The Hall–Kier alpha value is -1.96. The van der Waals surface area contributed by atoms with Gasteiger partial charge in [0.1, 0.15) is 5.69 Å². The number of esters is 1. The lowest BCUT2D eigenvalue weighted by Crippen LogP contribution is -2.40. The Kier molecular flexibility index (Phi) is 4.34. The first-order valence-electron chi connectivity index (χ1n) is 7.86. The number of methoxy groups -OCH3 is 1. The number of amides is 1. The number of ether oxygens (including phenoxy) is 1. The number of nitrogens with one attached hydrogen (secondary N) is 1. The number of halogens is 1. The van der Waals surface area contributed by atoms with Gasteiger partial charge in [-0.2, -0.15) is 5.10 Å². The fraction of sp³-hybridized carbons (Fsp3) is 0.667. The second kappa shape index (κ2) is 6.27. The van der Waals surface area contributed by atoms with Crippen LogP contribution in [0.15, 0.2) is 12.3 Å². The molecule has 0 spiro atoms. The Morgan fingerprint density at radius 3 is 3.04 bits per heavy atom. The van der Waals surface area contributed by atoms with E-state index in [0.29, 0.717) is 0 Å². The zero-order valence-electron chi connectivity index (χ0n) is 13.1. The average molecular weight is 324 g/mol. The normalized spacial score (nSPS) is 27.9. The molecule has 8 heteroatoms. The van der Waals surface area contributed by atoms with Crippen molar-refractivity contribution in [2.75, 3.05) is 33.3 Å². The first kappa shape index (κ1) is 15.9. The maximum absolute atomic E-state index is 14.4. The van der Waals surface area contributed by atoms with E-state index >= 15 is 0 Å². The van der Waals surface area contributed by atoms with Gasteiger partial charge in [-0.25, -0.2) is 9.18 Å². The third kappa shape index (κ3) is 3.08. The van der Waals surface area contributed by atoms with Crippen LogP contribution in [-0.2, 0) is 9.53 Å². The van der Waals surface area contributed by atoms with Gasteiger partial charge in [0.2, 0.25) is 5.67 Å². The summed E-state index contributed by atoms with van der Waals surface area (Å²) in [7, 11) is 1.15. The number of aromatic nitrogens is 2.